The van der Waals surface area contributed by atoms with E-state index in [2.05, 4.69) is 15.5 Å². The molecule has 9 nitrogen and oxygen atoms in total. The summed E-state index contributed by atoms with van der Waals surface area (Å²) in [4.78, 5) is 23.7. The molecular weight excluding hydrogens is 334 g/mol. The van der Waals surface area contributed by atoms with Crippen molar-refractivity contribution in [3.8, 4) is 11.5 Å². The minimum atomic E-state index is -0.445. The number of aryl methyl sites for hydroxylation is 1. The summed E-state index contributed by atoms with van der Waals surface area (Å²) in [5.41, 5.74) is 0.340. The Kier molecular flexibility index (Phi) is 4.56. The fraction of sp³-hybridized carbons (Fsp3) is 0.286. The van der Waals surface area contributed by atoms with Crippen LogP contribution in [-0.2, 0) is 4.79 Å². The Hall–Kier alpha value is -2.75. The summed E-state index contributed by atoms with van der Waals surface area (Å²) in [5.74, 6) is 6.61. The first-order chi connectivity index (χ1) is 11.5. The van der Waals surface area contributed by atoms with Gasteiger partial charge in [-0.1, -0.05) is 11.8 Å². The molecule has 0 radical (unpaired) electrons. The maximum Gasteiger partial charge on any atom is 0.294 e. The molecule has 0 spiro atoms. The molecule has 126 valence electrons. The number of aromatic nitrogens is 3. The summed E-state index contributed by atoms with van der Waals surface area (Å²) in [7, 11) is 0. The predicted molar refractivity (Wildman–Crippen MR) is 88.0 cm³/mol. The van der Waals surface area contributed by atoms with E-state index in [-0.39, 0.29) is 22.5 Å². The van der Waals surface area contributed by atoms with Crippen molar-refractivity contribution in [2.75, 3.05) is 30.1 Å². The lowest BCUT2D eigenvalue weighted by Crippen LogP contribution is -2.32. The van der Waals surface area contributed by atoms with Gasteiger partial charge in [0.15, 0.2) is 11.5 Å². The SMILES string of the molecule is Cc1nnc(SCC(=O)Nc2ccc3c(c2)OCCO3)n(N)c1=O. The summed E-state index contributed by atoms with van der Waals surface area (Å²) < 4.78 is 11.8. The van der Waals surface area contributed by atoms with Gasteiger partial charge in [0.2, 0.25) is 11.1 Å². The molecule has 0 bridgehead atoms. The van der Waals surface area contributed by atoms with Gasteiger partial charge < -0.3 is 20.6 Å². The van der Waals surface area contributed by atoms with Gasteiger partial charge in [-0.2, -0.15) is 4.68 Å². The van der Waals surface area contributed by atoms with Crippen LogP contribution in [0.15, 0.2) is 28.2 Å². The van der Waals surface area contributed by atoms with Crippen LogP contribution < -0.4 is 26.2 Å². The molecule has 3 rings (SSSR count). The normalized spacial score (nSPS) is 12.7. The number of nitrogens with one attached hydrogen (secondary N) is 1. The van der Waals surface area contributed by atoms with Crippen molar-refractivity contribution in [2.45, 2.75) is 12.1 Å². The van der Waals surface area contributed by atoms with E-state index in [4.69, 9.17) is 15.3 Å². The molecule has 24 heavy (non-hydrogen) atoms. The molecule has 0 fully saturated rings. The quantitative estimate of drug-likeness (QED) is 0.591. The number of hydrogen-bond donors (Lipinski definition) is 2. The Balaban J connectivity index is 1.62. The first kappa shape index (κ1) is 16.1. The number of rotatable bonds is 4. The van der Waals surface area contributed by atoms with Gasteiger partial charge in [-0.25, -0.2) is 0 Å². The van der Waals surface area contributed by atoms with E-state index in [9.17, 15) is 9.59 Å². The number of carbonyl (C=O) groups is 1. The second kappa shape index (κ2) is 6.79. The van der Waals surface area contributed by atoms with Gasteiger partial charge in [-0.15, -0.1) is 10.2 Å². The second-order valence-electron chi connectivity index (χ2n) is 4.94. The molecule has 0 unspecified atom stereocenters. The van der Waals surface area contributed by atoms with Crippen LogP contribution in [0, 0.1) is 6.92 Å². The average Bonchev–Trinajstić information content (AvgIpc) is 2.59. The van der Waals surface area contributed by atoms with E-state index in [0.717, 1.165) is 16.4 Å². The number of ether oxygens (including phenoxy) is 2. The number of fused-ring (bicyclic) bond motifs is 1. The van der Waals surface area contributed by atoms with E-state index in [1.807, 2.05) is 0 Å². The molecule has 2 heterocycles. The standard InChI is InChI=1S/C14H15N5O4S/c1-8-13(21)19(15)14(18-17-8)24-7-12(20)16-9-2-3-10-11(6-9)23-5-4-22-10/h2-3,6H,4-5,7,15H2,1H3,(H,16,20). The number of amides is 1. The maximum absolute atomic E-state index is 12.0. The lowest BCUT2D eigenvalue weighted by Gasteiger charge is -2.19. The monoisotopic (exact) mass is 349 g/mol. The van der Waals surface area contributed by atoms with E-state index in [1.54, 1.807) is 18.2 Å². The third kappa shape index (κ3) is 3.43. The third-order valence-electron chi connectivity index (χ3n) is 3.18. The molecule has 1 amide bonds. The number of carbonyl (C=O) groups excluding carboxylic acids is 1. The number of nitrogens with two attached hydrogens (primary N) is 1. The number of thioether (sulfide) groups is 1. The first-order valence-corrected chi connectivity index (χ1v) is 8.07. The van der Waals surface area contributed by atoms with Gasteiger partial charge in [0.05, 0.1) is 5.75 Å². The van der Waals surface area contributed by atoms with Gasteiger partial charge >= 0.3 is 0 Å². The number of hydrogen-bond acceptors (Lipinski definition) is 8. The third-order valence-corrected chi connectivity index (χ3v) is 4.12. The molecule has 0 aliphatic carbocycles. The van der Waals surface area contributed by atoms with Crippen molar-refractivity contribution in [1.82, 2.24) is 14.9 Å². The highest BCUT2D eigenvalue weighted by atomic mass is 32.2. The largest absolute Gasteiger partial charge is 0.486 e. The molecule has 0 atom stereocenters. The molecule has 0 saturated carbocycles. The topological polar surface area (TPSA) is 121 Å². The van der Waals surface area contributed by atoms with Crippen LogP contribution in [-0.4, -0.2) is 39.7 Å². The van der Waals surface area contributed by atoms with E-state index >= 15 is 0 Å². The first-order valence-electron chi connectivity index (χ1n) is 7.08. The maximum atomic E-state index is 12.0. The van der Waals surface area contributed by atoms with Crippen LogP contribution in [0.3, 0.4) is 0 Å². The lowest BCUT2D eigenvalue weighted by molar-refractivity contribution is -0.113. The van der Waals surface area contributed by atoms with Crippen LogP contribution in [0.4, 0.5) is 5.69 Å². The van der Waals surface area contributed by atoms with Crippen molar-refractivity contribution in [1.29, 1.82) is 0 Å². The molecule has 1 aromatic carbocycles. The fourth-order valence-corrected chi connectivity index (χ4v) is 2.67. The molecule has 1 aliphatic heterocycles. The minimum Gasteiger partial charge on any atom is -0.486 e. The summed E-state index contributed by atoms with van der Waals surface area (Å²) in [5, 5.41) is 10.4. The summed E-state index contributed by atoms with van der Waals surface area (Å²) in [6.07, 6.45) is 0. The van der Waals surface area contributed by atoms with Gasteiger partial charge in [0, 0.05) is 11.8 Å². The van der Waals surface area contributed by atoms with E-state index in [1.165, 1.54) is 6.92 Å². The highest BCUT2D eigenvalue weighted by Gasteiger charge is 2.14. The number of anilines is 1. The minimum absolute atomic E-state index is 0.0306. The molecule has 2 aromatic rings. The van der Waals surface area contributed by atoms with Crippen LogP contribution in [0.25, 0.3) is 0 Å². The molecule has 1 aliphatic rings. The zero-order valence-electron chi connectivity index (χ0n) is 12.8. The van der Waals surface area contributed by atoms with Gasteiger partial charge in [-0.05, 0) is 19.1 Å². The second-order valence-corrected chi connectivity index (χ2v) is 5.88. The summed E-state index contributed by atoms with van der Waals surface area (Å²) >= 11 is 1.02. The highest BCUT2D eigenvalue weighted by Crippen LogP contribution is 2.32. The van der Waals surface area contributed by atoms with Gasteiger partial charge in [0.1, 0.15) is 18.9 Å². The number of nitrogen functional groups attached to an aromatic ring is 1. The number of nitrogens with zero attached hydrogens (tertiary/aromatic N) is 3. The van der Waals surface area contributed by atoms with Crippen LogP contribution in [0.2, 0.25) is 0 Å². The van der Waals surface area contributed by atoms with Crippen molar-refractivity contribution >= 4 is 23.4 Å². The summed E-state index contributed by atoms with van der Waals surface area (Å²) in [6, 6.07) is 5.16. The Morgan fingerprint density at radius 2 is 2.08 bits per heavy atom. The zero-order valence-corrected chi connectivity index (χ0v) is 13.6. The molecule has 1 aromatic heterocycles. The van der Waals surface area contributed by atoms with Crippen molar-refractivity contribution in [3.05, 3.63) is 34.2 Å². The molecular formula is C14H15N5O4S. The van der Waals surface area contributed by atoms with Crippen molar-refractivity contribution in [3.63, 3.8) is 0 Å². The Bertz CT molecular complexity index is 838. The Morgan fingerprint density at radius 1 is 1.33 bits per heavy atom. The lowest BCUT2D eigenvalue weighted by atomic mass is 10.2. The fourth-order valence-electron chi connectivity index (χ4n) is 2.02. The number of benzene rings is 1. The van der Waals surface area contributed by atoms with E-state index in [0.29, 0.717) is 30.4 Å². The van der Waals surface area contributed by atoms with Crippen LogP contribution >= 0.6 is 11.8 Å². The Morgan fingerprint density at radius 3 is 2.88 bits per heavy atom. The van der Waals surface area contributed by atoms with Crippen molar-refractivity contribution in [2.24, 2.45) is 0 Å². The zero-order chi connectivity index (χ0) is 17.1. The highest BCUT2D eigenvalue weighted by molar-refractivity contribution is 7.99. The molecule has 0 saturated heterocycles. The predicted octanol–water partition coefficient (Wildman–Crippen LogP) is 0.163. The van der Waals surface area contributed by atoms with E-state index < -0.39 is 5.56 Å². The van der Waals surface area contributed by atoms with Crippen molar-refractivity contribution < 1.29 is 14.3 Å². The molecule has 3 N–H and O–H groups in total. The van der Waals surface area contributed by atoms with Crippen LogP contribution in [0.5, 0.6) is 11.5 Å². The molecule has 10 heteroatoms. The van der Waals surface area contributed by atoms with Gasteiger partial charge in [-0.3, -0.25) is 9.59 Å². The average molecular weight is 349 g/mol. The van der Waals surface area contributed by atoms with Crippen LogP contribution in [0.1, 0.15) is 5.69 Å². The van der Waals surface area contributed by atoms with Gasteiger partial charge in [0.25, 0.3) is 5.56 Å². The Labute approximate surface area is 141 Å². The summed E-state index contributed by atoms with van der Waals surface area (Å²) in [6.45, 7) is 2.50. The smallest absolute Gasteiger partial charge is 0.294 e.